The molecule has 0 bridgehead atoms. The van der Waals surface area contributed by atoms with Gasteiger partial charge in [0.05, 0.1) is 40.3 Å². The van der Waals surface area contributed by atoms with E-state index in [2.05, 4.69) is 111 Å². The summed E-state index contributed by atoms with van der Waals surface area (Å²) >= 11 is 0. The number of aliphatic carboxylic acids is 1. The molecule has 0 heterocycles. The van der Waals surface area contributed by atoms with Gasteiger partial charge in [-0.3, -0.25) is 9.59 Å². The molecule has 362 valence electrons. The fraction of sp³-hybridized carbons (Fsp3) is 0.625. The van der Waals surface area contributed by atoms with E-state index in [-0.39, 0.29) is 43.1 Å². The Hall–Kier alpha value is -4.01. The predicted molar refractivity (Wildman–Crippen MR) is 268 cm³/mol. The van der Waals surface area contributed by atoms with Gasteiger partial charge in [0.15, 0.2) is 6.10 Å². The number of carboxylic acids is 1. The van der Waals surface area contributed by atoms with Gasteiger partial charge < -0.3 is 28.6 Å². The smallest absolute Gasteiger partial charge is 0.306 e. The molecule has 0 spiro atoms. The van der Waals surface area contributed by atoms with E-state index in [1.807, 2.05) is 12.2 Å². The summed E-state index contributed by atoms with van der Waals surface area (Å²) in [5.41, 5.74) is 0. The first-order chi connectivity index (χ1) is 31.1. The van der Waals surface area contributed by atoms with Gasteiger partial charge in [-0.15, -0.1) is 0 Å². The zero-order chi connectivity index (χ0) is 47.0. The summed E-state index contributed by atoms with van der Waals surface area (Å²) in [7, 11) is 5.38. The van der Waals surface area contributed by atoms with Crippen molar-refractivity contribution in [2.45, 2.75) is 187 Å². The zero-order valence-electron chi connectivity index (χ0n) is 41.2. The third-order valence-electron chi connectivity index (χ3n) is 10.4. The molecule has 64 heavy (non-hydrogen) atoms. The molecule has 8 nitrogen and oxygen atoms in total. The van der Waals surface area contributed by atoms with Crippen molar-refractivity contribution < 1.29 is 38.2 Å². The molecule has 0 saturated carbocycles. The number of esters is 2. The molecule has 0 aromatic rings. The molecule has 2 unspecified atom stereocenters. The molecule has 0 aromatic carbocycles. The molecule has 0 amide bonds. The molecule has 0 aliphatic carbocycles. The summed E-state index contributed by atoms with van der Waals surface area (Å²) in [6, 6.07) is -0.746. The lowest BCUT2D eigenvalue weighted by atomic mass is 10.0. The van der Waals surface area contributed by atoms with Gasteiger partial charge >= 0.3 is 11.9 Å². The first-order valence-corrected chi connectivity index (χ1v) is 24.9. The number of carboxylic acid groups (broad SMARTS) is 1. The Balaban J connectivity index is 4.38. The van der Waals surface area contributed by atoms with Gasteiger partial charge in [0.1, 0.15) is 12.6 Å². The number of carbonyl (C=O) groups is 3. The van der Waals surface area contributed by atoms with Gasteiger partial charge in [0.25, 0.3) is 0 Å². The number of quaternary nitrogens is 1. The number of unbranched alkanes of at least 4 members (excludes halogenated alkanes) is 11. The van der Waals surface area contributed by atoms with Crippen LogP contribution in [0.25, 0.3) is 0 Å². The van der Waals surface area contributed by atoms with Crippen LogP contribution < -0.4 is 5.11 Å². The largest absolute Gasteiger partial charge is 0.544 e. The summed E-state index contributed by atoms with van der Waals surface area (Å²) in [4.78, 5) is 37.0. The number of hydrogen-bond donors (Lipinski definition) is 0. The Kier molecular flexibility index (Phi) is 42.7. The Morgan fingerprint density at radius 2 is 0.859 bits per heavy atom. The van der Waals surface area contributed by atoms with Gasteiger partial charge in [-0.2, -0.15) is 0 Å². The standard InChI is InChI=1S/C56H91NO7/c1-6-8-10-12-14-16-18-20-22-24-26-27-29-30-32-34-36-38-40-42-44-46-54(58)63-51-52(50-62-49-48-53(56(60)61)57(3,4)5)64-55(59)47-45-43-41-39-37-35-33-31-28-25-23-21-19-17-15-13-11-9-7-2/h8-11,14-17,20-23,28,31,35,37,41,43,52-53H,6-7,12-13,18-19,24-27,29-30,32-34,36,38-40,42,44-51H2,1-5H3/b10-8+,11-9+,16-14+,17-15+,22-20+,23-21+,31-28+,37-35+,43-41+. The van der Waals surface area contributed by atoms with Crippen molar-refractivity contribution in [2.24, 2.45) is 0 Å². The summed E-state index contributed by atoms with van der Waals surface area (Å²) in [5, 5.41) is 11.7. The van der Waals surface area contributed by atoms with Crippen LogP contribution in [0.5, 0.6) is 0 Å². The van der Waals surface area contributed by atoms with Crippen LogP contribution in [0.2, 0.25) is 0 Å². The molecular formula is C56H91NO7. The molecule has 0 rings (SSSR count). The maximum absolute atomic E-state index is 12.7. The number of nitrogens with zero attached hydrogens (tertiary/aromatic N) is 1. The van der Waals surface area contributed by atoms with Crippen LogP contribution in [0.3, 0.4) is 0 Å². The van der Waals surface area contributed by atoms with Crippen molar-refractivity contribution in [3.63, 3.8) is 0 Å². The number of ether oxygens (including phenoxy) is 3. The highest BCUT2D eigenvalue weighted by atomic mass is 16.6. The van der Waals surface area contributed by atoms with Gasteiger partial charge in [0, 0.05) is 19.3 Å². The highest BCUT2D eigenvalue weighted by molar-refractivity contribution is 5.70. The molecule has 0 aliphatic rings. The average molecular weight is 890 g/mol. The molecule has 0 fully saturated rings. The molecule has 0 saturated heterocycles. The van der Waals surface area contributed by atoms with E-state index in [9.17, 15) is 19.5 Å². The molecule has 8 heteroatoms. The highest BCUT2D eigenvalue weighted by Crippen LogP contribution is 2.14. The van der Waals surface area contributed by atoms with Crippen LogP contribution in [0.4, 0.5) is 0 Å². The third-order valence-corrected chi connectivity index (χ3v) is 10.4. The minimum absolute atomic E-state index is 0.00297. The first kappa shape index (κ1) is 60.0. The zero-order valence-corrected chi connectivity index (χ0v) is 41.2. The quantitative estimate of drug-likeness (QED) is 0.0260. The van der Waals surface area contributed by atoms with Gasteiger partial charge in [0.2, 0.25) is 0 Å². The van der Waals surface area contributed by atoms with Crippen LogP contribution >= 0.6 is 0 Å². The first-order valence-electron chi connectivity index (χ1n) is 24.9. The van der Waals surface area contributed by atoms with E-state index < -0.39 is 24.1 Å². The van der Waals surface area contributed by atoms with E-state index in [0.717, 1.165) is 77.0 Å². The number of allylic oxidation sites excluding steroid dienone is 18. The normalized spacial score (nSPS) is 13.8. The minimum Gasteiger partial charge on any atom is -0.544 e. The van der Waals surface area contributed by atoms with Gasteiger partial charge in [-0.25, -0.2) is 0 Å². The van der Waals surface area contributed by atoms with Gasteiger partial charge in [-0.05, 0) is 83.5 Å². The second-order valence-corrected chi connectivity index (χ2v) is 17.3. The fourth-order valence-electron chi connectivity index (χ4n) is 6.64. The molecular weight excluding hydrogens is 799 g/mol. The maximum atomic E-state index is 12.7. The predicted octanol–water partition coefficient (Wildman–Crippen LogP) is 13.1. The molecule has 0 N–H and O–H groups in total. The summed E-state index contributed by atoms with van der Waals surface area (Å²) in [5.74, 6) is -1.86. The van der Waals surface area contributed by atoms with E-state index in [0.29, 0.717) is 12.8 Å². The van der Waals surface area contributed by atoms with Crippen LogP contribution in [0.15, 0.2) is 109 Å². The van der Waals surface area contributed by atoms with Crippen molar-refractivity contribution in [3.8, 4) is 0 Å². The summed E-state index contributed by atoms with van der Waals surface area (Å²) in [6.07, 6.45) is 62.8. The van der Waals surface area contributed by atoms with Crippen molar-refractivity contribution in [1.29, 1.82) is 0 Å². The molecule has 0 radical (unpaired) electrons. The number of carbonyl (C=O) groups excluding carboxylic acids is 3. The monoisotopic (exact) mass is 890 g/mol. The Morgan fingerprint density at radius 3 is 1.28 bits per heavy atom. The van der Waals surface area contributed by atoms with Crippen molar-refractivity contribution >= 4 is 17.9 Å². The number of hydrogen-bond acceptors (Lipinski definition) is 7. The molecule has 2 atom stereocenters. The summed E-state index contributed by atoms with van der Waals surface area (Å²) in [6.45, 7) is 4.35. The topological polar surface area (TPSA) is 102 Å². The second kappa shape index (κ2) is 45.6. The molecule has 0 aliphatic heterocycles. The van der Waals surface area contributed by atoms with Crippen LogP contribution in [0, 0.1) is 0 Å². The van der Waals surface area contributed by atoms with Crippen LogP contribution in [-0.2, 0) is 28.6 Å². The second-order valence-electron chi connectivity index (χ2n) is 17.3. The Labute approximate surface area is 391 Å². The SMILES string of the molecule is CC/C=C/C/C=C/C/C=C/C/C=C/C/C=C/C/C=C/CCC(=O)OC(COCCC(C(=O)[O-])[N+](C)(C)C)COC(=O)CCCCCCCCCCCCC/C=C/C/C=C/C/C=C/CC. The highest BCUT2D eigenvalue weighted by Gasteiger charge is 2.25. The lowest BCUT2D eigenvalue weighted by molar-refractivity contribution is -0.889. The lowest BCUT2D eigenvalue weighted by Crippen LogP contribution is -2.55. The fourth-order valence-corrected chi connectivity index (χ4v) is 6.64. The minimum atomic E-state index is -1.14. The van der Waals surface area contributed by atoms with Crippen molar-refractivity contribution in [1.82, 2.24) is 0 Å². The van der Waals surface area contributed by atoms with Crippen molar-refractivity contribution in [2.75, 3.05) is 41.0 Å². The van der Waals surface area contributed by atoms with Crippen molar-refractivity contribution in [3.05, 3.63) is 109 Å². The van der Waals surface area contributed by atoms with Gasteiger partial charge in [-0.1, -0.05) is 181 Å². The Bertz CT molecular complexity index is 1410. The lowest BCUT2D eigenvalue weighted by Gasteiger charge is -2.34. The van der Waals surface area contributed by atoms with Crippen LogP contribution in [-0.4, -0.2) is 75.5 Å². The van der Waals surface area contributed by atoms with E-state index in [4.69, 9.17) is 14.2 Å². The number of likely N-dealkylation sites (N-methyl/N-ethyl adjacent to an activating group) is 1. The van der Waals surface area contributed by atoms with E-state index >= 15 is 0 Å². The van der Waals surface area contributed by atoms with E-state index in [1.54, 1.807) is 21.1 Å². The number of rotatable bonds is 43. The van der Waals surface area contributed by atoms with Crippen LogP contribution in [0.1, 0.15) is 174 Å². The average Bonchev–Trinajstić information content (AvgIpc) is 3.26. The maximum Gasteiger partial charge on any atom is 0.306 e. The third kappa shape index (κ3) is 43.3. The Morgan fingerprint density at radius 1 is 0.469 bits per heavy atom. The van der Waals surface area contributed by atoms with E-state index in [1.165, 1.54) is 57.8 Å². The molecule has 0 aromatic heterocycles. The summed E-state index contributed by atoms with van der Waals surface area (Å²) < 4.78 is 17.1.